The van der Waals surface area contributed by atoms with Crippen molar-refractivity contribution in [1.29, 1.82) is 0 Å². The summed E-state index contributed by atoms with van der Waals surface area (Å²) in [5, 5.41) is 19.2. The molecule has 2 N–H and O–H groups in total. The quantitative estimate of drug-likeness (QED) is 0.389. The summed E-state index contributed by atoms with van der Waals surface area (Å²) in [6.45, 7) is 0.532. The number of carbonyl (C=O) groups is 2. The number of carboxylic acids is 1. The van der Waals surface area contributed by atoms with E-state index in [0.29, 0.717) is 10.8 Å². The van der Waals surface area contributed by atoms with Crippen molar-refractivity contribution >= 4 is 25.3 Å². The number of benzene rings is 1. The highest BCUT2D eigenvalue weighted by Crippen LogP contribution is 2.15. The Morgan fingerprint density at radius 1 is 0.960 bits per heavy atom. The molecule has 0 spiro atoms. The second-order valence-electron chi connectivity index (χ2n) is 5.16. The standard InChI is InChI=1S/C16H24O8Si/c1-21-9-11-23-25(16(19)20,24-12-10-22-2)14-6-4-3-5-13(14)7-8-15(17)18/h3-6H,7-12H2,1-2H3,(H,17,18)(H,19,20). The third-order valence-electron chi connectivity index (χ3n) is 3.45. The Balaban J connectivity index is 3.23. The van der Waals surface area contributed by atoms with E-state index in [0.717, 1.165) is 0 Å². The van der Waals surface area contributed by atoms with Crippen molar-refractivity contribution in [2.24, 2.45) is 0 Å². The van der Waals surface area contributed by atoms with Crippen LogP contribution in [0.1, 0.15) is 12.0 Å². The van der Waals surface area contributed by atoms with E-state index in [1.54, 1.807) is 24.3 Å². The van der Waals surface area contributed by atoms with E-state index in [2.05, 4.69) is 0 Å². The molecule has 25 heavy (non-hydrogen) atoms. The SMILES string of the molecule is COCCO[Si](OCCOC)(C(=O)O)c1ccccc1CCC(=O)O. The molecule has 140 valence electrons. The largest absolute Gasteiger partial charge is 0.496 e. The van der Waals surface area contributed by atoms with Gasteiger partial charge in [0.2, 0.25) is 0 Å². The zero-order chi connectivity index (χ0) is 18.7. The molecule has 0 aliphatic heterocycles. The van der Waals surface area contributed by atoms with Crippen molar-refractivity contribution in [3.63, 3.8) is 0 Å². The molecule has 0 bridgehead atoms. The summed E-state index contributed by atoms with van der Waals surface area (Å²) < 4.78 is 21.3. The molecule has 1 aromatic carbocycles. The minimum atomic E-state index is -3.88. The van der Waals surface area contributed by atoms with E-state index in [9.17, 15) is 14.7 Å². The van der Waals surface area contributed by atoms with Gasteiger partial charge in [-0.25, -0.2) is 0 Å². The maximum Gasteiger partial charge on any atom is 0.496 e. The van der Waals surface area contributed by atoms with Gasteiger partial charge in [-0.05, 0) is 12.0 Å². The lowest BCUT2D eigenvalue weighted by molar-refractivity contribution is -0.136. The Bertz CT molecular complexity index is 553. The summed E-state index contributed by atoms with van der Waals surface area (Å²) in [7, 11) is -0.904. The number of ether oxygens (including phenoxy) is 2. The smallest absolute Gasteiger partial charge is 0.481 e. The normalized spacial score (nSPS) is 11.4. The minimum Gasteiger partial charge on any atom is -0.481 e. The molecule has 0 amide bonds. The van der Waals surface area contributed by atoms with Crippen molar-refractivity contribution in [3.8, 4) is 0 Å². The van der Waals surface area contributed by atoms with Gasteiger partial charge in [-0.15, -0.1) is 0 Å². The molecule has 0 saturated heterocycles. The molecular weight excluding hydrogens is 348 g/mol. The molecule has 0 aliphatic rings. The van der Waals surface area contributed by atoms with Crippen LogP contribution in [-0.4, -0.2) is 71.0 Å². The van der Waals surface area contributed by atoms with E-state index < -0.39 is 20.1 Å². The molecule has 0 aromatic heterocycles. The zero-order valence-corrected chi connectivity index (χ0v) is 15.4. The van der Waals surface area contributed by atoms with Crippen LogP contribution in [0.3, 0.4) is 0 Å². The summed E-state index contributed by atoms with van der Waals surface area (Å²) in [6, 6.07) is 6.73. The van der Waals surface area contributed by atoms with Crippen molar-refractivity contribution in [1.82, 2.24) is 0 Å². The van der Waals surface area contributed by atoms with Crippen molar-refractivity contribution in [2.75, 3.05) is 40.6 Å². The van der Waals surface area contributed by atoms with E-state index in [1.807, 2.05) is 0 Å². The Morgan fingerprint density at radius 2 is 1.52 bits per heavy atom. The Morgan fingerprint density at radius 3 is 2.00 bits per heavy atom. The molecule has 0 aliphatic carbocycles. The van der Waals surface area contributed by atoms with Gasteiger partial charge in [-0.2, -0.15) is 0 Å². The zero-order valence-electron chi connectivity index (χ0n) is 14.4. The van der Waals surface area contributed by atoms with Gasteiger partial charge >= 0.3 is 20.1 Å². The van der Waals surface area contributed by atoms with Crippen LogP contribution in [0.15, 0.2) is 24.3 Å². The molecule has 0 radical (unpaired) electrons. The second-order valence-corrected chi connectivity index (χ2v) is 7.93. The fourth-order valence-electron chi connectivity index (χ4n) is 2.27. The second kappa shape index (κ2) is 11.0. The Labute approximate surface area is 147 Å². The molecule has 9 heteroatoms. The molecule has 0 atom stereocenters. The number of aliphatic carboxylic acids is 1. The molecule has 0 saturated carbocycles. The average Bonchev–Trinajstić information content (AvgIpc) is 2.59. The lowest BCUT2D eigenvalue weighted by atomic mass is 10.1. The summed E-state index contributed by atoms with van der Waals surface area (Å²) in [5.41, 5.74) is -0.601. The van der Waals surface area contributed by atoms with Crippen LogP contribution >= 0.6 is 0 Å². The minimum absolute atomic E-state index is 0.0509. The summed E-state index contributed by atoms with van der Waals surface area (Å²) >= 11 is 0. The number of hydrogen-bond acceptors (Lipinski definition) is 6. The van der Waals surface area contributed by atoms with Gasteiger partial charge in [0.15, 0.2) is 0 Å². The summed E-state index contributed by atoms with van der Waals surface area (Å²) in [4.78, 5) is 23.0. The fraction of sp³-hybridized carbons (Fsp3) is 0.500. The van der Waals surface area contributed by atoms with Gasteiger partial charge in [0.1, 0.15) is 0 Å². The number of rotatable bonds is 13. The highest BCUT2D eigenvalue weighted by Gasteiger charge is 2.51. The monoisotopic (exact) mass is 372 g/mol. The molecule has 1 aromatic rings. The van der Waals surface area contributed by atoms with E-state index in [1.165, 1.54) is 14.2 Å². The molecular formula is C16H24O8Si. The molecule has 0 unspecified atom stereocenters. The Kier molecular flexibility index (Phi) is 9.31. The first kappa shape index (κ1) is 21.3. The van der Waals surface area contributed by atoms with Crippen LogP contribution in [0.25, 0.3) is 0 Å². The maximum atomic E-state index is 12.1. The number of carboxylic acid groups (broad SMARTS) is 2. The topological polar surface area (TPSA) is 112 Å². The Hall–Kier alpha value is -1.78. The lowest BCUT2D eigenvalue weighted by Gasteiger charge is -2.28. The van der Waals surface area contributed by atoms with Crippen LogP contribution in [-0.2, 0) is 29.5 Å². The molecule has 0 fully saturated rings. The average molecular weight is 372 g/mol. The van der Waals surface area contributed by atoms with Crippen LogP contribution in [0, 0.1) is 0 Å². The van der Waals surface area contributed by atoms with E-state index >= 15 is 0 Å². The predicted octanol–water partition coefficient (Wildman–Crippen LogP) is 0.939. The first-order valence-corrected chi connectivity index (χ1v) is 9.59. The third-order valence-corrected chi connectivity index (χ3v) is 6.43. The van der Waals surface area contributed by atoms with E-state index in [4.69, 9.17) is 23.4 Å². The van der Waals surface area contributed by atoms with Gasteiger partial charge in [0.25, 0.3) is 0 Å². The number of hydrogen-bond donors (Lipinski definition) is 2. The highest BCUT2D eigenvalue weighted by atomic mass is 28.4. The number of aryl methyl sites for hydroxylation is 1. The lowest BCUT2D eigenvalue weighted by Crippen LogP contribution is -2.62. The molecule has 8 nitrogen and oxygen atoms in total. The van der Waals surface area contributed by atoms with Crippen LogP contribution < -0.4 is 5.19 Å². The number of methoxy groups -OCH3 is 2. The van der Waals surface area contributed by atoms with Gasteiger partial charge in [-0.3, -0.25) is 9.59 Å². The van der Waals surface area contributed by atoms with E-state index in [-0.39, 0.29) is 39.3 Å². The molecule has 0 heterocycles. The summed E-state index contributed by atoms with van der Waals surface area (Å²) in [5.74, 6) is -0.960. The van der Waals surface area contributed by atoms with Crippen LogP contribution in [0.4, 0.5) is 4.79 Å². The van der Waals surface area contributed by atoms with Gasteiger partial charge in [0.05, 0.1) is 26.4 Å². The van der Waals surface area contributed by atoms with Crippen LogP contribution in [0.2, 0.25) is 0 Å². The van der Waals surface area contributed by atoms with Gasteiger partial charge in [0, 0.05) is 25.8 Å². The highest BCUT2D eigenvalue weighted by molar-refractivity contribution is 7.05. The van der Waals surface area contributed by atoms with Gasteiger partial charge < -0.3 is 28.5 Å². The van der Waals surface area contributed by atoms with Crippen molar-refractivity contribution < 1.29 is 38.1 Å². The van der Waals surface area contributed by atoms with Crippen molar-refractivity contribution in [3.05, 3.63) is 29.8 Å². The first-order valence-electron chi connectivity index (χ1n) is 7.77. The summed E-state index contributed by atoms with van der Waals surface area (Å²) in [6.07, 6.45) is 0.0755. The fourth-order valence-corrected chi connectivity index (χ4v) is 4.83. The first-order chi connectivity index (χ1) is 12.0. The van der Waals surface area contributed by atoms with Crippen LogP contribution in [0.5, 0.6) is 0 Å². The molecule has 1 rings (SSSR count). The third kappa shape index (κ3) is 6.22. The van der Waals surface area contributed by atoms with Gasteiger partial charge in [-0.1, -0.05) is 24.3 Å². The predicted molar refractivity (Wildman–Crippen MR) is 91.5 cm³/mol. The maximum absolute atomic E-state index is 12.1. The van der Waals surface area contributed by atoms with Crippen molar-refractivity contribution in [2.45, 2.75) is 12.8 Å².